The SMILES string of the molecule is CCCCCCCCc1ccc(N(c2ccc(/C=C/c3ccc(N(c4ccccc4)c4ccccc4)cc3)cc2)c2ccc(/C=C/c3ccc(N(c4ccccc4)c4cccc(-c5cccc(OCCCCOCC6(C)COC6)c5)c4)cc3)cc2)cc1. The number of benzene rings is 10. The van der Waals surface area contributed by atoms with Crippen molar-refractivity contribution in [3.63, 3.8) is 0 Å². The molecule has 0 unspecified atom stereocenters. The molecule has 0 bridgehead atoms. The van der Waals surface area contributed by atoms with Crippen LogP contribution in [0.1, 0.15) is 93.0 Å². The first-order chi connectivity index (χ1) is 42.9. The Balaban J connectivity index is 0.767. The third-order valence-electron chi connectivity index (χ3n) is 16.2. The van der Waals surface area contributed by atoms with E-state index in [0.717, 1.165) is 136 Å². The number of hydrogen-bond donors (Lipinski definition) is 0. The zero-order chi connectivity index (χ0) is 59.3. The summed E-state index contributed by atoms with van der Waals surface area (Å²) in [4.78, 5) is 6.98. The lowest BCUT2D eigenvalue weighted by molar-refractivity contribution is -0.138. The predicted molar refractivity (Wildman–Crippen MR) is 368 cm³/mol. The van der Waals surface area contributed by atoms with Crippen molar-refractivity contribution in [2.45, 2.75) is 71.6 Å². The molecule has 10 aromatic rings. The molecule has 10 aromatic carbocycles. The summed E-state index contributed by atoms with van der Waals surface area (Å²) in [6.07, 6.45) is 19.6. The number of ether oxygens (including phenoxy) is 3. The first-order valence-corrected chi connectivity index (χ1v) is 31.3. The summed E-state index contributed by atoms with van der Waals surface area (Å²) in [6, 6.07) is 93.5. The second-order valence-corrected chi connectivity index (χ2v) is 23.2. The Hall–Kier alpha value is -9.20. The van der Waals surface area contributed by atoms with Crippen LogP contribution >= 0.6 is 0 Å². The van der Waals surface area contributed by atoms with E-state index in [1.165, 1.54) is 44.1 Å². The minimum absolute atomic E-state index is 0.183. The molecule has 1 heterocycles. The van der Waals surface area contributed by atoms with Gasteiger partial charge in [0.1, 0.15) is 5.75 Å². The van der Waals surface area contributed by atoms with Crippen molar-refractivity contribution in [2.24, 2.45) is 5.41 Å². The van der Waals surface area contributed by atoms with Gasteiger partial charge < -0.3 is 28.9 Å². The molecule has 0 saturated carbocycles. The fourth-order valence-corrected chi connectivity index (χ4v) is 11.3. The van der Waals surface area contributed by atoms with E-state index >= 15 is 0 Å². The molecule has 0 radical (unpaired) electrons. The number of anilines is 9. The van der Waals surface area contributed by atoms with Crippen LogP contribution in [0.5, 0.6) is 5.75 Å². The quantitative estimate of drug-likeness (QED) is 0.0344. The Bertz CT molecular complexity index is 3690. The normalized spacial score (nSPS) is 12.7. The number of aryl methyl sites for hydroxylation is 1. The van der Waals surface area contributed by atoms with Crippen LogP contribution in [-0.2, 0) is 15.9 Å². The summed E-state index contributed by atoms with van der Waals surface area (Å²) in [6.45, 7) is 8.24. The summed E-state index contributed by atoms with van der Waals surface area (Å²) in [5, 5.41) is 0. The molecular weight excluding hydrogens is 1060 g/mol. The van der Waals surface area contributed by atoms with Gasteiger partial charge in [-0.05, 0) is 186 Å². The van der Waals surface area contributed by atoms with Gasteiger partial charge in [-0.15, -0.1) is 0 Å². The van der Waals surface area contributed by atoms with Crippen LogP contribution in [0.25, 0.3) is 35.4 Å². The summed E-state index contributed by atoms with van der Waals surface area (Å²) < 4.78 is 17.5. The molecule has 11 rings (SSSR count). The molecule has 0 atom stereocenters. The minimum Gasteiger partial charge on any atom is -0.494 e. The highest BCUT2D eigenvalue weighted by molar-refractivity contribution is 5.83. The third kappa shape index (κ3) is 16.4. The van der Waals surface area contributed by atoms with Crippen LogP contribution in [0.4, 0.5) is 51.2 Å². The van der Waals surface area contributed by atoms with E-state index < -0.39 is 0 Å². The number of para-hydroxylation sites is 3. The fraction of sp³-hybridized carbons (Fsp3) is 0.210. The van der Waals surface area contributed by atoms with Gasteiger partial charge in [-0.2, -0.15) is 0 Å². The molecule has 87 heavy (non-hydrogen) atoms. The monoisotopic (exact) mass is 1140 g/mol. The minimum atomic E-state index is 0.183. The van der Waals surface area contributed by atoms with Crippen molar-refractivity contribution in [3.05, 3.63) is 289 Å². The third-order valence-corrected chi connectivity index (χ3v) is 16.2. The Labute approximate surface area is 517 Å². The number of nitrogens with zero attached hydrogens (tertiary/aromatic N) is 3. The van der Waals surface area contributed by atoms with Crippen LogP contribution in [0.2, 0.25) is 0 Å². The van der Waals surface area contributed by atoms with E-state index in [1.807, 2.05) is 6.07 Å². The van der Waals surface area contributed by atoms with Gasteiger partial charge in [0.05, 0.1) is 26.4 Å². The van der Waals surface area contributed by atoms with Crippen molar-refractivity contribution in [3.8, 4) is 16.9 Å². The molecule has 0 spiro atoms. The van der Waals surface area contributed by atoms with Gasteiger partial charge in [-0.25, -0.2) is 0 Å². The van der Waals surface area contributed by atoms with Crippen molar-refractivity contribution < 1.29 is 14.2 Å². The molecule has 438 valence electrons. The Morgan fingerprint density at radius 1 is 0.368 bits per heavy atom. The first-order valence-electron chi connectivity index (χ1n) is 31.3. The summed E-state index contributed by atoms with van der Waals surface area (Å²) in [7, 11) is 0. The first kappa shape index (κ1) is 59.5. The summed E-state index contributed by atoms with van der Waals surface area (Å²) in [5.74, 6) is 0.874. The van der Waals surface area contributed by atoms with Crippen molar-refractivity contribution in [1.29, 1.82) is 0 Å². The van der Waals surface area contributed by atoms with Crippen molar-refractivity contribution >= 4 is 75.5 Å². The van der Waals surface area contributed by atoms with E-state index in [2.05, 4.69) is 308 Å². The fourth-order valence-electron chi connectivity index (χ4n) is 11.3. The molecule has 1 saturated heterocycles. The molecule has 0 N–H and O–H groups in total. The van der Waals surface area contributed by atoms with Gasteiger partial charge in [-0.3, -0.25) is 0 Å². The zero-order valence-corrected chi connectivity index (χ0v) is 50.6. The van der Waals surface area contributed by atoms with Crippen molar-refractivity contribution in [2.75, 3.05) is 47.7 Å². The molecular formula is C81H81N3O3. The maximum Gasteiger partial charge on any atom is 0.119 e. The standard InChI is InChI=1S/C81H81N3O3/c1-3-4-5-6-7-11-22-64-37-47-75(48-38-64)83(76-51-41-66(42-52-76)34-33-65-39-49-74(50-40-65)82(71-25-12-8-13-26-71)72-27-14-9-15-28-72)77-53-43-67(44-54-77)35-36-68-45-55-78(56-46-68)84(73-29-16-10-17-30-73)79-31-20-23-69(59-79)70-24-21-32-80(60-70)87-58-19-18-57-85-61-81(2)62-86-63-81/h8-10,12-17,20-21,23-56,59-60H,3-7,11,18-19,22,57-58,61-63H2,1-2H3/b34-33+,36-35+. The van der Waals surface area contributed by atoms with Gasteiger partial charge >= 0.3 is 0 Å². The molecule has 0 amide bonds. The number of hydrogen-bond acceptors (Lipinski definition) is 6. The summed E-state index contributed by atoms with van der Waals surface area (Å²) in [5.41, 5.74) is 18.3. The highest BCUT2D eigenvalue weighted by Crippen LogP contribution is 2.40. The van der Waals surface area contributed by atoms with Crippen LogP contribution < -0.4 is 19.4 Å². The number of unbranched alkanes of at least 4 members (excludes halogenated alkanes) is 6. The lowest BCUT2D eigenvalue weighted by Gasteiger charge is -2.37. The topological polar surface area (TPSA) is 37.4 Å². The largest absolute Gasteiger partial charge is 0.494 e. The molecule has 6 heteroatoms. The predicted octanol–water partition coefficient (Wildman–Crippen LogP) is 22.2. The van der Waals surface area contributed by atoms with Crippen LogP contribution in [0.3, 0.4) is 0 Å². The Morgan fingerprint density at radius 2 is 0.747 bits per heavy atom. The van der Waals surface area contributed by atoms with Gasteiger partial charge in [0, 0.05) is 63.2 Å². The van der Waals surface area contributed by atoms with Gasteiger partial charge in [0.2, 0.25) is 0 Å². The molecule has 1 aliphatic rings. The van der Waals surface area contributed by atoms with Crippen LogP contribution in [-0.4, -0.2) is 33.0 Å². The average Bonchev–Trinajstić information content (AvgIpc) is 2.82. The summed E-state index contributed by atoms with van der Waals surface area (Å²) >= 11 is 0. The van der Waals surface area contributed by atoms with Crippen molar-refractivity contribution in [1.82, 2.24) is 0 Å². The second-order valence-electron chi connectivity index (χ2n) is 23.2. The van der Waals surface area contributed by atoms with Gasteiger partial charge in [0.15, 0.2) is 0 Å². The van der Waals surface area contributed by atoms with E-state index in [0.29, 0.717) is 6.61 Å². The molecule has 1 aliphatic heterocycles. The van der Waals surface area contributed by atoms with E-state index in [9.17, 15) is 0 Å². The Morgan fingerprint density at radius 3 is 1.20 bits per heavy atom. The lowest BCUT2D eigenvalue weighted by atomic mass is 9.90. The van der Waals surface area contributed by atoms with Crippen LogP contribution in [0, 0.1) is 5.41 Å². The lowest BCUT2D eigenvalue weighted by Crippen LogP contribution is -2.43. The van der Waals surface area contributed by atoms with E-state index in [1.54, 1.807) is 0 Å². The maximum absolute atomic E-state index is 6.24. The second kappa shape index (κ2) is 30.2. The highest BCUT2D eigenvalue weighted by atomic mass is 16.5. The maximum atomic E-state index is 6.24. The van der Waals surface area contributed by atoms with E-state index in [-0.39, 0.29) is 5.41 Å². The average molecular weight is 1140 g/mol. The van der Waals surface area contributed by atoms with Gasteiger partial charge in [-0.1, -0.05) is 210 Å². The molecule has 0 aliphatic carbocycles. The molecule has 6 nitrogen and oxygen atoms in total. The van der Waals surface area contributed by atoms with Gasteiger partial charge in [0.25, 0.3) is 0 Å². The number of rotatable bonds is 29. The smallest absolute Gasteiger partial charge is 0.119 e. The van der Waals surface area contributed by atoms with E-state index in [4.69, 9.17) is 14.2 Å². The molecule has 0 aromatic heterocycles. The zero-order valence-electron chi connectivity index (χ0n) is 50.6. The highest BCUT2D eigenvalue weighted by Gasteiger charge is 2.33. The Kier molecular flexibility index (Phi) is 20.7. The van der Waals surface area contributed by atoms with Crippen LogP contribution in [0.15, 0.2) is 261 Å². The molecule has 1 fully saturated rings.